The molecule has 1 saturated heterocycles. The van der Waals surface area contributed by atoms with Crippen LogP contribution in [0.2, 0.25) is 0 Å². The molecule has 0 spiro atoms. The van der Waals surface area contributed by atoms with Crippen molar-refractivity contribution >= 4 is 15.9 Å². The van der Waals surface area contributed by atoms with Crippen LogP contribution >= 0.6 is 15.9 Å². The number of rotatable bonds is 2. The van der Waals surface area contributed by atoms with Crippen molar-refractivity contribution in [1.29, 1.82) is 0 Å². The van der Waals surface area contributed by atoms with E-state index in [2.05, 4.69) is 33.1 Å². The maximum atomic E-state index is 12.9. The number of nitrogens with zero attached hydrogens (tertiary/aromatic N) is 1. The molecule has 1 N–H and O–H groups in total. The Morgan fingerprint density at radius 3 is 3.06 bits per heavy atom. The van der Waals surface area contributed by atoms with E-state index in [9.17, 15) is 4.39 Å². The van der Waals surface area contributed by atoms with Crippen LogP contribution in [0.25, 0.3) is 0 Å². The first kappa shape index (κ1) is 12.0. The van der Waals surface area contributed by atoms with Crippen LogP contribution in [0.4, 0.5) is 4.39 Å². The number of nitrogens with one attached hydrogen (secondary N) is 1. The van der Waals surface area contributed by atoms with E-state index in [0.29, 0.717) is 6.04 Å². The van der Waals surface area contributed by atoms with E-state index in [-0.39, 0.29) is 5.82 Å². The van der Waals surface area contributed by atoms with Gasteiger partial charge in [-0.1, -0.05) is 22.0 Å². The second-order valence-electron chi connectivity index (χ2n) is 4.26. The summed E-state index contributed by atoms with van der Waals surface area (Å²) in [6, 6.07) is 5.44. The van der Waals surface area contributed by atoms with E-state index >= 15 is 0 Å². The summed E-state index contributed by atoms with van der Waals surface area (Å²) in [4.78, 5) is 2.41. The smallest absolute Gasteiger partial charge is 0.124 e. The van der Waals surface area contributed by atoms with E-state index in [4.69, 9.17) is 0 Å². The van der Waals surface area contributed by atoms with Gasteiger partial charge in [0, 0.05) is 36.7 Å². The number of hydrogen-bond acceptors (Lipinski definition) is 2. The second kappa shape index (κ2) is 5.25. The Balaban J connectivity index is 2.07. The first-order valence-corrected chi connectivity index (χ1v) is 6.35. The molecule has 2 rings (SSSR count). The van der Waals surface area contributed by atoms with Crippen molar-refractivity contribution in [3.05, 3.63) is 34.1 Å². The van der Waals surface area contributed by atoms with E-state index in [1.54, 1.807) is 0 Å². The summed E-state index contributed by atoms with van der Waals surface area (Å²) in [7, 11) is 0. The minimum Gasteiger partial charge on any atom is -0.314 e. The molecule has 1 fully saturated rings. The van der Waals surface area contributed by atoms with E-state index in [1.807, 2.05) is 6.07 Å². The number of halogens is 2. The average Bonchev–Trinajstić information content (AvgIpc) is 2.25. The Morgan fingerprint density at radius 1 is 1.56 bits per heavy atom. The topological polar surface area (TPSA) is 15.3 Å². The summed E-state index contributed by atoms with van der Waals surface area (Å²) < 4.78 is 13.8. The lowest BCUT2D eigenvalue weighted by atomic mass is 10.1. The molecule has 1 aliphatic rings. The summed E-state index contributed by atoms with van der Waals surface area (Å²) in [5.74, 6) is -0.191. The van der Waals surface area contributed by atoms with Crippen LogP contribution in [-0.2, 0) is 6.54 Å². The fraction of sp³-hybridized carbons (Fsp3) is 0.500. The average molecular weight is 287 g/mol. The molecule has 0 aliphatic carbocycles. The molecular weight excluding hydrogens is 271 g/mol. The van der Waals surface area contributed by atoms with Gasteiger partial charge in [-0.25, -0.2) is 4.39 Å². The molecule has 0 radical (unpaired) electrons. The van der Waals surface area contributed by atoms with Crippen molar-refractivity contribution in [3.63, 3.8) is 0 Å². The van der Waals surface area contributed by atoms with Gasteiger partial charge in [0.25, 0.3) is 0 Å². The lowest BCUT2D eigenvalue weighted by Crippen LogP contribution is -2.49. The van der Waals surface area contributed by atoms with Crippen LogP contribution < -0.4 is 5.32 Å². The Morgan fingerprint density at radius 2 is 2.38 bits per heavy atom. The third-order valence-corrected chi connectivity index (χ3v) is 3.77. The number of benzene rings is 1. The maximum Gasteiger partial charge on any atom is 0.124 e. The van der Waals surface area contributed by atoms with Gasteiger partial charge in [-0.3, -0.25) is 4.90 Å². The van der Waals surface area contributed by atoms with Crippen LogP contribution in [0.15, 0.2) is 22.7 Å². The summed E-state index contributed by atoms with van der Waals surface area (Å²) >= 11 is 3.41. The number of piperazine rings is 1. The van der Waals surface area contributed by atoms with Crippen molar-refractivity contribution < 1.29 is 4.39 Å². The normalized spacial score (nSPS) is 22.3. The van der Waals surface area contributed by atoms with Gasteiger partial charge in [0.2, 0.25) is 0 Å². The van der Waals surface area contributed by atoms with E-state index in [1.165, 1.54) is 12.1 Å². The van der Waals surface area contributed by atoms with Crippen LogP contribution in [0.1, 0.15) is 12.5 Å². The molecule has 0 saturated carbocycles. The third-order valence-electron chi connectivity index (χ3n) is 3.03. The summed E-state index contributed by atoms with van der Waals surface area (Å²) in [5.41, 5.74) is 1.15. The fourth-order valence-electron chi connectivity index (χ4n) is 1.99. The predicted molar refractivity (Wildman–Crippen MR) is 66.8 cm³/mol. The summed E-state index contributed by atoms with van der Waals surface area (Å²) in [5, 5.41) is 3.36. The van der Waals surface area contributed by atoms with E-state index in [0.717, 1.165) is 36.2 Å². The van der Waals surface area contributed by atoms with Crippen molar-refractivity contribution in [2.24, 2.45) is 0 Å². The second-order valence-corrected chi connectivity index (χ2v) is 5.11. The monoisotopic (exact) mass is 286 g/mol. The minimum absolute atomic E-state index is 0.191. The Kier molecular flexibility index (Phi) is 3.95. The highest BCUT2D eigenvalue weighted by molar-refractivity contribution is 9.10. The first-order chi connectivity index (χ1) is 7.66. The molecule has 4 heteroatoms. The first-order valence-electron chi connectivity index (χ1n) is 5.55. The molecule has 0 aromatic heterocycles. The van der Waals surface area contributed by atoms with Crippen LogP contribution in [0.3, 0.4) is 0 Å². The molecule has 2 nitrogen and oxygen atoms in total. The zero-order chi connectivity index (χ0) is 11.5. The van der Waals surface area contributed by atoms with Gasteiger partial charge in [0.15, 0.2) is 0 Å². The molecule has 16 heavy (non-hydrogen) atoms. The predicted octanol–water partition coefficient (Wildman–Crippen LogP) is 2.38. The number of hydrogen-bond donors (Lipinski definition) is 1. The van der Waals surface area contributed by atoms with Crippen molar-refractivity contribution in [3.8, 4) is 0 Å². The minimum atomic E-state index is -0.191. The zero-order valence-corrected chi connectivity index (χ0v) is 10.9. The summed E-state index contributed by atoms with van der Waals surface area (Å²) in [6.45, 7) is 6.19. The standard InChI is InChI=1S/C12H16BrFN2/c1-9-7-15-4-5-16(9)8-10-2-3-11(14)6-12(10)13/h2-3,6,9,15H,4-5,7-8H2,1H3/t9-/m0/s1. The molecule has 1 aliphatic heterocycles. The molecule has 0 amide bonds. The molecule has 1 atom stereocenters. The highest BCUT2D eigenvalue weighted by Crippen LogP contribution is 2.20. The van der Waals surface area contributed by atoms with E-state index < -0.39 is 0 Å². The maximum absolute atomic E-state index is 12.9. The van der Waals surface area contributed by atoms with Crippen molar-refractivity contribution in [2.45, 2.75) is 19.5 Å². The Bertz CT molecular complexity index is 370. The van der Waals surface area contributed by atoms with Gasteiger partial charge in [-0.2, -0.15) is 0 Å². The van der Waals surface area contributed by atoms with Gasteiger partial charge in [0.1, 0.15) is 5.82 Å². The molecule has 1 aromatic rings. The van der Waals surface area contributed by atoms with Crippen LogP contribution in [0.5, 0.6) is 0 Å². The fourth-order valence-corrected chi connectivity index (χ4v) is 2.46. The third kappa shape index (κ3) is 2.81. The Hall–Kier alpha value is -0.450. The van der Waals surface area contributed by atoms with Gasteiger partial charge in [-0.05, 0) is 24.6 Å². The molecule has 0 bridgehead atoms. The Labute approximate surface area is 104 Å². The molecule has 88 valence electrons. The molecular formula is C12H16BrFN2. The zero-order valence-electron chi connectivity index (χ0n) is 9.34. The van der Waals surface area contributed by atoms with Gasteiger partial charge < -0.3 is 5.32 Å². The lowest BCUT2D eigenvalue weighted by Gasteiger charge is -2.34. The van der Waals surface area contributed by atoms with Crippen LogP contribution in [0, 0.1) is 5.82 Å². The van der Waals surface area contributed by atoms with Crippen LogP contribution in [-0.4, -0.2) is 30.6 Å². The van der Waals surface area contributed by atoms with Gasteiger partial charge in [-0.15, -0.1) is 0 Å². The summed E-state index contributed by atoms with van der Waals surface area (Å²) in [6.07, 6.45) is 0. The molecule has 1 heterocycles. The largest absolute Gasteiger partial charge is 0.314 e. The van der Waals surface area contributed by atoms with Crippen molar-refractivity contribution in [1.82, 2.24) is 10.2 Å². The van der Waals surface area contributed by atoms with Gasteiger partial charge in [0.05, 0.1) is 0 Å². The van der Waals surface area contributed by atoms with Crippen molar-refractivity contribution in [2.75, 3.05) is 19.6 Å². The molecule has 0 unspecified atom stereocenters. The lowest BCUT2D eigenvalue weighted by molar-refractivity contribution is 0.165. The highest BCUT2D eigenvalue weighted by atomic mass is 79.9. The quantitative estimate of drug-likeness (QED) is 0.898. The van der Waals surface area contributed by atoms with Gasteiger partial charge >= 0.3 is 0 Å². The molecule has 1 aromatic carbocycles. The SMILES string of the molecule is C[C@H]1CNCCN1Cc1ccc(F)cc1Br. The highest BCUT2D eigenvalue weighted by Gasteiger charge is 2.18.